The molecular weight excluding hydrogens is 715 g/mol. The van der Waals surface area contributed by atoms with Crippen molar-refractivity contribution in [2.45, 2.75) is 43.7 Å². The van der Waals surface area contributed by atoms with Gasteiger partial charge in [-0.1, -0.05) is 104 Å². The van der Waals surface area contributed by atoms with Crippen LogP contribution in [0.5, 0.6) is 5.75 Å². The molecule has 0 radical (unpaired) electrons. The quantitative estimate of drug-likeness (QED) is 0.117. The number of phenolic OH excluding ortho intramolecular Hbond substituents is 1. The number of amides is 1. The molecule has 1 aliphatic rings. The van der Waals surface area contributed by atoms with Gasteiger partial charge in [0.05, 0.1) is 41.7 Å². The SMILES string of the molecule is C[C@H]1[C@@H](CSc2nnnn2-c2ccc(O)cc2)O[C@@H](c2ccc(-c3ccccc3CNC(=O)c3cnc4ccccc4n3)cc2)O[C@H]1c1ccc(CO)cc1. The van der Waals surface area contributed by atoms with Gasteiger partial charge in [-0.05, 0) is 74.6 Å². The zero-order valence-corrected chi connectivity index (χ0v) is 30.6. The molecule has 0 unspecified atom stereocenters. The third-order valence-corrected chi connectivity index (χ3v) is 10.7. The number of ether oxygens (including phenoxy) is 2. The smallest absolute Gasteiger partial charge is 0.271 e. The fraction of sp³-hybridized carbons (Fsp3) is 0.190. The summed E-state index contributed by atoms with van der Waals surface area (Å²) in [7, 11) is 0. The van der Waals surface area contributed by atoms with Crippen LogP contribution >= 0.6 is 11.8 Å². The highest BCUT2D eigenvalue weighted by atomic mass is 32.2. The van der Waals surface area contributed by atoms with Gasteiger partial charge in [0.15, 0.2) is 6.29 Å². The number of hydrogen-bond acceptors (Lipinski definition) is 11. The number of carbonyl (C=O) groups excluding carboxylic acids is 1. The molecule has 1 saturated heterocycles. The van der Waals surface area contributed by atoms with Crippen LogP contribution in [0.15, 0.2) is 133 Å². The molecule has 1 fully saturated rings. The monoisotopic (exact) mass is 751 g/mol. The van der Waals surface area contributed by atoms with Crippen LogP contribution in [0.2, 0.25) is 0 Å². The maximum atomic E-state index is 13.1. The first-order valence-electron chi connectivity index (χ1n) is 17.8. The van der Waals surface area contributed by atoms with Gasteiger partial charge in [-0.3, -0.25) is 9.78 Å². The lowest BCUT2D eigenvalue weighted by Crippen LogP contribution is -2.38. The first kappa shape index (κ1) is 36.0. The highest BCUT2D eigenvalue weighted by Gasteiger charge is 2.38. The van der Waals surface area contributed by atoms with E-state index in [0.717, 1.165) is 44.6 Å². The van der Waals surface area contributed by atoms with Crippen molar-refractivity contribution in [1.29, 1.82) is 0 Å². The van der Waals surface area contributed by atoms with Gasteiger partial charge in [0.2, 0.25) is 5.16 Å². The molecule has 3 N–H and O–H groups in total. The van der Waals surface area contributed by atoms with Gasteiger partial charge in [0.25, 0.3) is 5.91 Å². The van der Waals surface area contributed by atoms with Crippen LogP contribution < -0.4 is 5.32 Å². The molecule has 3 heterocycles. The Labute approximate surface area is 321 Å². The minimum atomic E-state index is -0.663. The Morgan fingerprint density at radius 3 is 2.36 bits per heavy atom. The van der Waals surface area contributed by atoms with E-state index in [0.29, 0.717) is 23.0 Å². The summed E-state index contributed by atoms with van der Waals surface area (Å²) in [6.45, 7) is 2.38. The summed E-state index contributed by atoms with van der Waals surface area (Å²) in [6, 6.07) is 38.0. The van der Waals surface area contributed by atoms with Crippen molar-refractivity contribution in [3.05, 3.63) is 155 Å². The maximum Gasteiger partial charge on any atom is 0.271 e. The lowest BCUT2D eigenvalue weighted by Gasteiger charge is -2.41. The Morgan fingerprint density at radius 2 is 1.58 bits per heavy atom. The number of para-hydroxylation sites is 2. The number of benzene rings is 5. The number of carbonyl (C=O) groups is 1. The number of aromatic hydroxyl groups is 1. The Bertz CT molecular complexity index is 2410. The average molecular weight is 752 g/mol. The number of tetrazole rings is 1. The second-order valence-electron chi connectivity index (χ2n) is 13.2. The zero-order chi connectivity index (χ0) is 37.7. The molecule has 13 heteroatoms. The second-order valence-corrected chi connectivity index (χ2v) is 14.2. The van der Waals surface area contributed by atoms with Gasteiger partial charge < -0.3 is 25.0 Å². The molecule has 0 bridgehead atoms. The van der Waals surface area contributed by atoms with Crippen LogP contribution in [0.1, 0.15) is 52.1 Å². The number of fused-ring (bicyclic) bond motifs is 1. The Kier molecular flexibility index (Phi) is 10.6. The number of rotatable bonds is 11. The number of aliphatic hydroxyl groups excluding tert-OH is 1. The van der Waals surface area contributed by atoms with Crippen LogP contribution in [-0.2, 0) is 22.6 Å². The summed E-state index contributed by atoms with van der Waals surface area (Å²) in [6.07, 6.45) is 0.301. The van der Waals surface area contributed by atoms with E-state index in [1.54, 1.807) is 28.9 Å². The van der Waals surface area contributed by atoms with Crippen molar-refractivity contribution >= 4 is 28.7 Å². The number of phenols is 1. The zero-order valence-electron chi connectivity index (χ0n) is 29.8. The van der Waals surface area contributed by atoms with E-state index in [-0.39, 0.29) is 42.1 Å². The van der Waals surface area contributed by atoms with Crippen molar-refractivity contribution in [2.24, 2.45) is 5.92 Å². The van der Waals surface area contributed by atoms with Crippen molar-refractivity contribution in [3.8, 4) is 22.6 Å². The van der Waals surface area contributed by atoms with E-state index in [4.69, 9.17) is 9.47 Å². The largest absolute Gasteiger partial charge is 0.508 e. The normalized spacial score (nSPS) is 18.3. The first-order valence-corrected chi connectivity index (χ1v) is 18.8. The minimum Gasteiger partial charge on any atom is -0.508 e. The molecule has 12 nitrogen and oxygen atoms in total. The molecule has 7 aromatic rings. The van der Waals surface area contributed by atoms with Gasteiger partial charge in [0, 0.05) is 23.8 Å². The molecule has 276 valence electrons. The number of aliphatic hydroxyl groups is 1. The van der Waals surface area contributed by atoms with Crippen LogP contribution in [0.25, 0.3) is 27.8 Å². The van der Waals surface area contributed by atoms with Crippen LogP contribution in [0.4, 0.5) is 0 Å². The number of thioether (sulfide) groups is 1. The van der Waals surface area contributed by atoms with Gasteiger partial charge in [-0.25, -0.2) is 4.98 Å². The molecular formula is C42H37N7O5S. The fourth-order valence-corrected chi connectivity index (χ4v) is 7.65. The average Bonchev–Trinajstić information content (AvgIpc) is 3.71. The summed E-state index contributed by atoms with van der Waals surface area (Å²) in [4.78, 5) is 21.9. The summed E-state index contributed by atoms with van der Waals surface area (Å²) < 4.78 is 15.0. The van der Waals surface area contributed by atoms with E-state index in [1.807, 2.05) is 97.1 Å². The van der Waals surface area contributed by atoms with Gasteiger partial charge in [-0.15, -0.1) is 5.10 Å². The highest BCUT2D eigenvalue weighted by Crippen LogP contribution is 2.43. The van der Waals surface area contributed by atoms with Gasteiger partial charge in [0.1, 0.15) is 11.4 Å². The van der Waals surface area contributed by atoms with Crippen molar-refractivity contribution in [3.63, 3.8) is 0 Å². The van der Waals surface area contributed by atoms with Crippen molar-refractivity contribution < 1.29 is 24.5 Å². The third kappa shape index (κ3) is 7.96. The molecule has 2 aromatic heterocycles. The first-order chi connectivity index (χ1) is 26.9. The lowest BCUT2D eigenvalue weighted by atomic mass is 9.91. The van der Waals surface area contributed by atoms with E-state index in [1.165, 1.54) is 18.0 Å². The van der Waals surface area contributed by atoms with Crippen molar-refractivity contribution in [2.75, 3.05) is 5.75 Å². The third-order valence-electron chi connectivity index (χ3n) is 9.67. The second kappa shape index (κ2) is 16.2. The molecule has 5 aromatic carbocycles. The van der Waals surface area contributed by atoms with E-state index < -0.39 is 6.29 Å². The molecule has 1 aliphatic heterocycles. The fourth-order valence-electron chi connectivity index (χ4n) is 6.60. The summed E-state index contributed by atoms with van der Waals surface area (Å²) in [5.74, 6) is 0.374. The van der Waals surface area contributed by atoms with Crippen molar-refractivity contribution in [1.82, 2.24) is 35.5 Å². The Hall–Kier alpha value is -5.99. The lowest BCUT2D eigenvalue weighted by molar-refractivity contribution is -0.268. The Balaban J connectivity index is 1.00. The summed E-state index contributed by atoms with van der Waals surface area (Å²) >= 11 is 1.48. The van der Waals surface area contributed by atoms with E-state index in [9.17, 15) is 15.0 Å². The number of nitrogens with one attached hydrogen (secondary N) is 1. The predicted octanol–water partition coefficient (Wildman–Crippen LogP) is 6.98. The molecule has 55 heavy (non-hydrogen) atoms. The summed E-state index contributed by atoms with van der Waals surface area (Å²) in [5, 5.41) is 35.3. The van der Waals surface area contributed by atoms with Crippen LogP contribution in [0.3, 0.4) is 0 Å². The maximum absolute atomic E-state index is 13.1. The van der Waals surface area contributed by atoms with Crippen LogP contribution in [0, 0.1) is 5.92 Å². The summed E-state index contributed by atoms with van der Waals surface area (Å²) in [5.41, 5.74) is 7.99. The highest BCUT2D eigenvalue weighted by molar-refractivity contribution is 7.99. The van der Waals surface area contributed by atoms with E-state index >= 15 is 0 Å². The minimum absolute atomic E-state index is 0.0383. The Morgan fingerprint density at radius 1 is 0.855 bits per heavy atom. The molecule has 1 amide bonds. The number of hydrogen-bond donors (Lipinski definition) is 3. The predicted molar refractivity (Wildman–Crippen MR) is 207 cm³/mol. The number of nitrogens with zero attached hydrogens (tertiary/aromatic N) is 6. The van der Waals surface area contributed by atoms with Crippen LogP contribution in [-0.4, -0.2) is 58.2 Å². The standard InChI is InChI=1S/C42H37N7O5S/c1-26-38(25-55-42-46-47-48-49(42)32-18-20-33(51)21-19-32)53-41(54-39(26)29-12-10-27(24-50)11-13-29)30-16-14-28(15-17-30)34-7-3-2-6-31(34)22-44-40(52)37-23-43-35-8-4-5-9-36(35)45-37/h2-21,23,26,38-39,41,50-51H,22,24-25H2,1H3,(H,44,52)/t26-,38+,39+,41+/m0/s1. The topological polar surface area (TPSA) is 157 Å². The molecule has 8 rings (SSSR count). The molecule has 0 aliphatic carbocycles. The van der Waals surface area contributed by atoms with Gasteiger partial charge in [-0.2, -0.15) is 4.68 Å². The molecule has 4 atom stereocenters. The van der Waals surface area contributed by atoms with Gasteiger partial charge >= 0.3 is 0 Å². The molecule has 0 saturated carbocycles. The van der Waals surface area contributed by atoms with E-state index in [2.05, 4.69) is 37.7 Å². The number of aromatic nitrogens is 6. The molecule has 0 spiro atoms.